The molecule has 0 spiro atoms. The molecule has 2 rings (SSSR count). The number of aromatic nitrogens is 1. The molecule has 1 unspecified atom stereocenters. The Balaban J connectivity index is 2.65. The van der Waals surface area contributed by atoms with Gasteiger partial charge < -0.3 is 24.7 Å². The Morgan fingerprint density at radius 3 is 2.63 bits per heavy atom. The Hall–Kier alpha value is -1.12. The van der Waals surface area contributed by atoms with E-state index in [0.717, 1.165) is 6.20 Å². The maximum Gasteiger partial charge on any atom is 0.402 e. The highest BCUT2D eigenvalue weighted by Crippen LogP contribution is 2.63. The van der Waals surface area contributed by atoms with E-state index in [2.05, 4.69) is 9.72 Å². The molecule has 0 amide bonds. The summed E-state index contributed by atoms with van der Waals surface area (Å²) in [4.78, 5) is 20.9. The van der Waals surface area contributed by atoms with Crippen LogP contribution in [-0.2, 0) is 21.7 Å². The lowest BCUT2D eigenvalue weighted by Crippen LogP contribution is -2.45. The van der Waals surface area contributed by atoms with Gasteiger partial charge in [0.25, 0.3) is 5.79 Å². The molecule has 0 saturated heterocycles. The normalized spacial score (nSPS) is 23.5. The number of hydrogen-bond acceptors (Lipinski definition) is 5. The van der Waals surface area contributed by atoms with E-state index in [1.807, 2.05) is 0 Å². The molecule has 1 aliphatic rings. The predicted octanol–water partition coefficient (Wildman–Crippen LogP) is 0.541. The van der Waals surface area contributed by atoms with Crippen LogP contribution in [-0.4, -0.2) is 30.6 Å². The first-order valence-corrected chi connectivity index (χ1v) is 6.61. The van der Waals surface area contributed by atoms with Crippen LogP contribution >= 0.6 is 7.60 Å². The van der Waals surface area contributed by atoms with Crippen LogP contribution in [0.4, 0.5) is 8.78 Å². The summed E-state index contributed by atoms with van der Waals surface area (Å²) >= 11 is 0. The van der Waals surface area contributed by atoms with Crippen LogP contribution in [0.2, 0.25) is 0 Å². The van der Waals surface area contributed by atoms with Crippen LogP contribution in [0.5, 0.6) is 5.75 Å². The molecular formula is C9H10F2NO6P. The van der Waals surface area contributed by atoms with Gasteiger partial charge in [0.05, 0.1) is 12.3 Å². The Labute approximate surface area is 105 Å². The van der Waals surface area contributed by atoms with Gasteiger partial charge in [-0.05, 0) is 6.92 Å². The number of aryl methyl sites for hydroxylation is 1. The van der Waals surface area contributed by atoms with Crippen molar-refractivity contribution in [2.45, 2.75) is 25.0 Å². The summed E-state index contributed by atoms with van der Waals surface area (Å²) in [6, 6.07) is 0. The van der Waals surface area contributed by atoms with Gasteiger partial charge in [0, 0.05) is 17.3 Å². The molecule has 0 bridgehead atoms. The van der Waals surface area contributed by atoms with Crippen molar-refractivity contribution in [3.8, 4) is 5.75 Å². The van der Waals surface area contributed by atoms with Gasteiger partial charge in [0.2, 0.25) is 0 Å². The number of aromatic hydroxyl groups is 1. The van der Waals surface area contributed by atoms with Crippen LogP contribution in [0.15, 0.2) is 6.20 Å². The van der Waals surface area contributed by atoms with Gasteiger partial charge in [-0.3, -0.25) is 9.55 Å². The standard InChI is InChI=1S/C9H10F2NO6P/c1-4-7(13)5-3-18-8(14,6(5)2-12-4)9(10,11)19(15,16)17/h2,13-14H,3H2,1H3,(H2,15,16,17). The fourth-order valence-corrected chi connectivity index (χ4v) is 2.36. The number of hydrogen-bond donors (Lipinski definition) is 4. The third kappa shape index (κ3) is 1.78. The minimum atomic E-state index is -5.98. The summed E-state index contributed by atoms with van der Waals surface area (Å²) in [5, 5.41) is 19.4. The zero-order chi connectivity index (χ0) is 14.6. The number of pyridine rings is 1. The largest absolute Gasteiger partial charge is 0.506 e. The molecule has 0 radical (unpaired) electrons. The summed E-state index contributed by atoms with van der Waals surface area (Å²) in [6.45, 7) is 0.782. The van der Waals surface area contributed by atoms with Crippen molar-refractivity contribution in [3.63, 3.8) is 0 Å². The topological polar surface area (TPSA) is 120 Å². The van der Waals surface area contributed by atoms with E-state index in [4.69, 9.17) is 9.79 Å². The smallest absolute Gasteiger partial charge is 0.402 e. The van der Waals surface area contributed by atoms with Crippen molar-refractivity contribution in [2.75, 3.05) is 0 Å². The SMILES string of the molecule is Cc1ncc2c(c1O)COC2(O)C(F)(F)P(=O)(O)O. The molecule has 0 fully saturated rings. The fourth-order valence-electron chi connectivity index (χ4n) is 1.79. The van der Waals surface area contributed by atoms with Crippen molar-refractivity contribution in [3.05, 3.63) is 23.0 Å². The minimum absolute atomic E-state index is 0.117. The molecule has 0 saturated carbocycles. The average molecular weight is 297 g/mol. The third-order valence-corrected chi connectivity index (χ3v) is 3.94. The molecule has 0 aromatic carbocycles. The summed E-state index contributed by atoms with van der Waals surface area (Å²) in [7, 11) is -5.98. The summed E-state index contributed by atoms with van der Waals surface area (Å²) in [5.41, 5.74) is -5.59. The zero-order valence-corrected chi connectivity index (χ0v) is 10.4. The van der Waals surface area contributed by atoms with E-state index in [1.54, 1.807) is 0 Å². The van der Waals surface area contributed by atoms with Crippen molar-refractivity contribution < 1.29 is 38.1 Å². The van der Waals surface area contributed by atoms with Crippen molar-refractivity contribution >= 4 is 7.60 Å². The second kappa shape index (κ2) is 3.94. The number of fused-ring (bicyclic) bond motifs is 1. The summed E-state index contributed by atoms with van der Waals surface area (Å²) in [6.07, 6.45) is 0.793. The number of halogens is 2. The van der Waals surface area contributed by atoms with E-state index in [-0.39, 0.29) is 11.3 Å². The van der Waals surface area contributed by atoms with Crippen molar-refractivity contribution in [1.82, 2.24) is 4.98 Å². The van der Waals surface area contributed by atoms with Crippen LogP contribution in [0, 0.1) is 6.92 Å². The van der Waals surface area contributed by atoms with Crippen LogP contribution in [0.1, 0.15) is 16.8 Å². The zero-order valence-electron chi connectivity index (χ0n) is 9.54. The highest BCUT2D eigenvalue weighted by atomic mass is 31.2. The molecule has 7 nitrogen and oxygen atoms in total. The lowest BCUT2D eigenvalue weighted by atomic mass is 10.0. The number of aliphatic hydroxyl groups is 1. The molecule has 1 aromatic heterocycles. The highest BCUT2D eigenvalue weighted by molar-refractivity contribution is 7.53. The van der Waals surface area contributed by atoms with Crippen molar-refractivity contribution in [1.29, 1.82) is 0 Å². The number of ether oxygens (including phenoxy) is 1. The molecule has 2 heterocycles. The number of rotatable bonds is 2. The molecule has 4 N–H and O–H groups in total. The first-order valence-electron chi connectivity index (χ1n) is 5.00. The molecule has 1 aliphatic heterocycles. The molecule has 1 aromatic rings. The quantitative estimate of drug-likeness (QED) is 0.588. The van der Waals surface area contributed by atoms with Gasteiger partial charge in [-0.25, -0.2) is 0 Å². The van der Waals surface area contributed by atoms with E-state index in [9.17, 15) is 23.6 Å². The van der Waals surface area contributed by atoms with Crippen LogP contribution in [0.25, 0.3) is 0 Å². The Bertz CT molecular complexity index is 588. The van der Waals surface area contributed by atoms with Gasteiger partial charge in [0.15, 0.2) is 0 Å². The summed E-state index contributed by atoms with van der Waals surface area (Å²) in [5.74, 6) is -3.99. The second-order valence-electron chi connectivity index (χ2n) is 4.10. The fraction of sp³-hybridized carbons (Fsp3) is 0.444. The predicted molar refractivity (Wildman–Crippen MR) is 56.3 cm³/mol. The van der Waals surface area contributed by atoms with E-state index >= 15 is 0 Å². The van der Waals surface area contributed by atoms with Crippen LogP contribution < -0.4 is 0 Å². The van der Waals surface area contributed by atoms with Gasteiger partial charge in [-0.1, -0.05) is 0 Å². The Morgan fingerprint density at radius 2 is 2.11 bits per heavy atom. The van der Waals surface area contributed by atoms with E-state index in [0.29, 0.717) is 0 Å². The van der Waals surface area contributed by atoms with Crippen molar-refractivity contribution in [2.24, 2.45) is 0 Å². The lowest BCUT2D eigenvalue weighted by Gasteiger charge is -2.31. The van der Waals surface area contributed by atoms with Gasteiger partial charge >= 0.3 is 13.3 Å². The third-order valence-electron chi connectivity index (χ3n) is 2.90. The maximum absolute atomic E-state index is 13.7. The first kappa shape index (κ1) is 14.3. The Kier molecular flexibility index (Phi) is 2.96. The lowest BCUT2D eigenvalue weighted by molar-refractivity contribution is -0.294. The second-order valence-corrected chi connectivity index (χ2v) is 5.75. The molecule has 10 heteroatoms. The molecule has 0 aliphatic carbocycles. The monoisotopic (exact) mass is 297 g/mol. The molecule has 19 heavy (non-hydrogen) atoms. The molecular weight excluding hydrogens is 287 g/mol. The number of nitrogens with zero attached hydrogens (tertiary/aromatic N) is 1. The van der Waals surface area contributed by atoms with Crippen LogP contribution in [0.3, 0.4) is 0 Å². The van der Waals surface area contributed by atoms with E-state index < -0.39 is 37.0 Å². The summed E-state index contributed by atoms with van der Waals surface area (Å²) < 4.78 is 42.6. The van der Waals surface area contributed by atoms with Gasteiger partial charge in [0.1, 0.15) is 5.75 Å². The Morgan fingerprint density at radius 1 is 1.53 bits per heavy atom. The molecule has 106 valence electrons. The maximum atomic E-state index is 13.7. The average Bonchev–Trinajstić information content (AvgIpc) is 2.62. The number of alkyl halides is 2. The highest BCUT2D eigenvalue weighted by Gasteiger charge is 2.69. The van der Waals surface area contributed by atoms with Gasteiger partial charge in [-0.2, -0.15) is 8.78 Å². The van der Waals surface area contributed by atoms with Gasteiger partial charge in [-0.15, -0.1) is 0 Å². The first-order chi connectivity index (χ1) is 8.52. The minimum Gasteiger partial charge on any atom is -0.506 e. The molecule has 1 atom stereocenters. The van der Waals surface area contributed by atoms with E-state index in [1.165, 1.54) is 6.92 Å².